The lowest BCUT2D eigenvalue weighted by Gasteiger charge is -2.13. The third-order valence-corrected chi connectivity index (χ3v) is 3.28. The molecule has 0 aliphatic rings. The van der Waals surface area contributed by atoms with Gasteiger partial charge in [-0.3, -0.25) is 4.72 Å². The third-order valence-electron chi connectivity index (χ3n) is 2.27. The van der Waals surface area contributed by atoms with Gasteiger partial charge in [0.1, 0.15) is 6.54 Å². The normalized spacial score (nSPS) is 12.2. The minimum atomic E-state index is -4.69. The van der Waals surface area contributed by atoms with Gasteiger partial charge in [0.05, 0.1) is 11.3 Å². The van der Waals surface area contributed by atoms with Crippen LogP contribution in [0.4, 0.5) is 18.9 Å². The summed E-state index contributed by atoms with van der Waals surface area (Å²) in [6.07, 6.45) is -4.69. The Labute approximate surface area is 112 Å². The summed E-state index contributed by atoms with van der Waals surface area (Å²) in [5.41, 5.74) is -0.169. The zero-order chi connectivity index (χ0) is 15.6. The number of benzene rings is 1. The number of nitrogens with one attached hydrogen (secondary N) is 2. The first-order valence-corrected chi connectivity index (χ1v) is 6.67. The predicted molar refractivity (Wildman–Crippen MR) is 64.7 cm³/mol. The molecule has 1 rings (SSSR count). The highest BCUT2D eigenvalue weighted by molar-refractivity contribution is 7.90. The molecule has 0 heterocycles. The fraction of sp³-hybridized carbons (Fsp3) is 0.300. The van der Waals surface area contributed by atoms with Gasteiger partial charge in [0, 0.05) is 0 Å². The Balaban J connectivity index is 2.93. The molecule has 112 valence electrons. The highest BCUT2D eigenvalue weighted by atomic mass is 32.2. The van der Waals surface area contributed by atoms with Gasteiger partial charge in [-0.15, -0.1) is 0 Å². The molecule has 0 amide bonds. The van der Waals surface area contributed by atoms with E-state index in [1.165, 1.54) is 29.8 Å². The molecule has 0 spiro atoms. The number of anilines is 1. The van der Waals surface area contributed by atoms with Crippen molar-refractivity contribution in [1.29, 1.82) is 0 Å². The maximum atomic E-state index is 11.9. The van der Waals surface area contributed by atoms with Crippen molar-refractivity contribution in [2.24, 2.45) is 0 Å². The molecule has 0 bridgehead atoms. The Morgan fingerprint density at radius 2 is 1.95 bits per heavy atom. The number of hydrogen-bond donors (Lipinski definition) is 3. The molecule has 0 aliphatic carbocycles. The summed E-state index contributed by atoms with van der Waals surface area (Å²) in [5.74, 6) is -1.27. The molecule has 0 atom stereocenters. The molecule has 1 aromatic rings. The molecule has 0 fully saturated rings. The van der Waals surface area contributed by atoms with E-state index in [0.717, 1.165) is 0 Å². The maximum Gasteiger partial charge on any atom is 0.402 e. The highest BCUT2D eigenvalue weighted by Gasteiger charge is 2.29. The average molecular weight is 312 g/mol. The monoisotopic (exact) mass is 312 g/mol. The Morgan fingerprint density at radius 1 is 1.35 bits per heavy atom. The van der Waals surface area contributed by atoms with Crippen LogP contribution in [0.2, 0.25) is 0 Å². The van der Waals surface area contributed by atoms with Gasteiger partial charge < -0.3 is 5.11 Å². The van der Waals surface area contributed by atoms with Crippen LogP contribution in [0.3, 0.4) is 0 Å². The molecule has 0 unspecified atom stereocenters. The van der Waals surface area contributed by atoms with Crippen molar-refractivity contribution in [3.05, 3.63) is 29.3 Å². The fourth-order valence-corrected chi connectivity index (χ4v) is 2.27. The van der Waals surface area contributed by atoms with Gasteiger partial charge in [0.2, 0.25) is 0 Å². The molecule has 0 radical (unpaired) electrons. The van der Waals surface area contributed by atoms with E-state index in [-0.39, 0.29) is 16.8 Å². The number of alkyl halides is 3. The second kappa shape index (κ2) is 5.67. The second-order valence-corrected chi connectivity index (χ2v) is 5.32. The van der Waals surface area contributed by atoms with Crippen molar-refractivity contribution in [2.75, 3.05) is 11.3 Å². The van der Waals surface area contributed by atoms with Crippen LogP contribution >= 0.6 is 0 Å². The van der Waals surface area contributed by atoms with Crippen LogP contribution in [0.5, 0.6) is 0 Å². The number of carboxylic acids is 1. The lowest BCUT2D eigenvalue weighted by molar-refractivity contribution is -0.121. The Bertz CT molecular complexity index is 613. The molecule has 1 aromatic carbocycles. The smallest absolute Gasteiger partial charge is 0.402 e. The van der Waals surface area contributed by atoms with Crippen LogP contribution in [0.25, 0.3) is 0 Å². The zero-order valence-corrected chi connectivity index (χ0v) is 11.0. The topological polar surface area (TPSA) is 95.5 Å². The summed E-state index contributed by atoms with van der Waals surface area (Å²) in [7, 11) is -4.45. The zero-order valence-electron chi connectivity index (χ0n) is 10.2. The second-order valence-electron chi connectivity index (χ2n) is 3.83. The summed E-state index contributed by atoms with van der Waals surface area (Å²) < 4.78 is 61.8. The summed E-state index contributed by atoms with van der Waals surface area (Å²) in [6.45, 7) is -0.384. The molecular weight excluding hydrogens is 301 g/mol. The van der Waals surface area contributed by atoms with Crippen molar-refractivity contribution < 1.29 is 31.5 Å². The number of halogens is 3. The van der Waals surface area contributed by atoms with Gasteiger partial charge >= 0.3 is 12.1 Å². The van der Waals surface area contributed by atoms with Gasteiger partial charge in [0.25, 0.3) is 10.2 Å². The van der Waals surface area contributed by atoms with Crippen LogP contribution in [0.15, 0.2) is 18.2 Å². The Morgan fingerprint density at radius 3 is 2.45 bits per heavy atom. The minimum Gasteiger partial charge on any atom is -0.478 e. The van der Waals surface area contributed by atoms with E-state index in [4.69, 9.17) is 5.11 Å². The number of aromatic carboxylic acids is 1. The first-order valence-electron chi connectivity index (χ1n) is 5.19. The number of hydrogen-bond acceptors (Lipinski definition) is 3. The van der Waals surface area contributed by atoms with E-state index in [9.17, 15) is 26.4 Å². The SMILES string of the molecule is Cc1c(NS(=O)(=O)NCC(F)(F)F)cccc1C(=O)O. The van der Waals surface area contributed by atoms with Crippen LogP contribution in [0.1, 0.15) is 15.9 Å². The summed E-state index contributed by atoms with van der Waals surface area (Å²) in [5, 5.41) is 8.86. The molecule has 10 heteroatoms. The van der Waals surface area contributed by atoms with Gasteiger partial charge in [-0.2, -0.15) is 26.3 Å². The highest BCUT2D eigenvalue weighted by Crippen LogP contribution is 2.20. The predicted octanol–water partition coefficient (Wildman–Crippen LogP) is 1.50. The van der Waals surface area contributed by atoms with Crippen LogP contribution < -0.4 is 9.44 Å². The van der Waals surface area contributed by atoms with Gasteiger partial charge in [-0.25, -0.2) is 4.79 Å². The van der Waals surface area contributed by atoms with E-state index in [1.807, 2.05) is 4.72 Å². The van der Waals surface area contributed by atoms with E-state index in [2.05, 4.69) is 0 Å². The van der Waals surface area contributed by atoms with Crippen molar-refractivity contribution in [1.82, 2.24) is 4.72 Å². The van der Waals surface area contributed by atoms with E-state index in [1.54, 1.807) is 0 Å². The Kier molecular flexibility index (Phi) is 4.61. The molecular formula is C10H11F3N2O4S. The number of carbonyl (C=O) groups is 1. The first kappa shape index (κ1) is 16.2. The minimum absolute atomic E-state index is 0.0948. The molecule has 0 saturated heterocycles. The summed E-state index contributed by atoms with van der Waals surface area (Å²) in [4.78, 5) is 10.9. The fourth-order valence-electron chi connectivity index (χ4n) is 1.34. The quantitative estimate of drug-likeness (QED) is 0.768. The molecule has 0 aromatic heterocycles. The Hall–Kier alpha value is -1.81. The van der Waals surface area contributed by atoms with Crippen molar-refractivity contribution >= 4 is 21.9 Å². The van der Waals surface area contributed by atoms with Gasteiger partial charge in [-0.05, 0) is 24.6 Å². The van der Waals surface area contributed by atoms with Crippen LogP contribution in [-0.2, 0) is 10.2 Å². The number of carboxylic acid groups (broad SMARTS) is 1. The summed E-state index contributed by atoms with van der Waals surface area (Å²) in [6, 6.07) is 3.77. The van der Waals surface area contributed by atoms with Crippen molar-refractivity contribution in [3.8, 4) is 0 Å². The van der Waals surface area contributed by atoms with Gasteiger partial charge in [-0.1, -0.05) is 6.07 Å². The summed E-state index contributed by atoms with van der Waals surface area (Å²) >= 11 is 0. The van der Waals surface area contributed by atoms with E-state index in [0.29, 0.717) is 0 Å². The van der Waals surface area contributed by atoms with E-state index < -0.39 is 28.9 Å². The van der Waals surface area contributed by atoms with Crippen molar-refractivity contribution in [2.45, 2.75) is 13.1 Å². The van der Waals surface area contributed by atoms with E-state index >= 15 is 0 Å². The van der Waals surface area contributed by atoms with Crippen LogP contribution in [0, 0.1) is 6.92 Å². The maximum absolute atomic E-state index is 11.9. The lowest BCUT2D eigenvalue weighted by atomic mass is 10.1. The third kappa shape index (κ3) is 4.70. The first-order chi connectivity index (χ1) is 9.02. The molecule has 20 heavy (non-hydrogen) atoms. The standard InChI is InChI=1S/C10H11F3N2O4S/c1-6-7(9(16)17)3-2-4-8(6)15-20(18,19)14-5-10(11,12)13/h2-4,14-15H,5H2,1H3,(H,16,17). The molecule has 3 N–H and O–H groups in total. The average Bonchev–Trinajstić information content (AvgIpc) is 2.28. The molecule has 6 nitrogen and oxygen atoms in total. The molecule has 0 saturated carbocycles. The number of rotatable bonds is 5. The van der Waals surface area contributed by atoms with Crippen LogP contribution in [-0.4, -0.2) is 32.2 Å². The van der Waals surface area contributed by atoms with Gasteiger partial charge in [0.15, 0.2) is 0 Å². The largest absolute Gasteiger partial charge is 0.478 e. The lowest BCUT2D eigenvalue weighted by Crippen LogP contribution is -2.37. The van der Waals surface area contributed by atoms with Crippen molar-refractivity contribution in [3.63, 3.8) is 0 Å². The molecule has 0 aliphatic heterocycles.